The van der Waals surface area contributed by atoms with Crippen LogP contribution in [0, 0.1) is 5.41 Å². The number of nitrogens with zero attached hydrogens (tertiary/aromatic N) is 3. The lowest BCUT2D eigenvalue weighted by Crippen LogP contribution is -2.28. The van der Waals surface area contributed by atoms with Crippen molar-refractivity contribution in [1.82, 2.24) is 19.8 Å². The maximum atomic E-state index is 4.09. The zero-order valence-electron chi connectivity index (χ0n) is 12.3. The third-order valence-electron chi connectivity index (χ3n) is 4.99. The minimum Gasteiger partial charge on any atom is -0.316 e. The summed E-state index contributed by atoms with van der Waals surface area (Å²) in [4.78, 5) is 6.70. The molecule has 0 aliphatic carbocycles. The van der Waals surface area contributed by atoms with Crippen molar-refractivity contribution >= 4 is 0 Å². The minimum atomic E-state index is 0.566. The maximum absolute atomic E-state index is 4.09. The fraction of sp³-hybridized carbons (Fsp3) is 0.471. The third-order valence-corrected chi connectivity index (χ3v) is 4.99. The summed E-state index contributed by atoms with van der Waals surface area (Å²) in [5, 5.41) is 3.53. The van der Waals surface area contributed by atoms with Gasteiger partial charge in [-0.05, 0) is 49.0 Å². The van der Waals surface area contributed by atoms with Gasteiger partial charge in [0.15, 0.2) is 0 Å². The summed E-state index contributed by atoms with van der Waals surface area (Å²) in [7, 11) is 0. The van der Waals surface area contributed by atoms with Crippen molar-refractivity contribution in [2.24, 2.45) is 5.41 Å². The summed E-state index contributed by atoms with van der Waals surface area (Å²) in [5.41, 5.74) is 3.15. The Bertz CT molecular complexity index is 582. The van der Waals surface area contributed by atoms with Crippen LogP contribution in [0.3, 0.4) is 0 Å². The Morgan fingerprint density at radius 3 is 2.81 bits per heavy atom. The fourth-order valence-corrected chi connectivity index (χ4v) is 3.75. The van der Waals surface area contributed by atoms with E-state index in [9.17, 15) is 0 Å². The molecule has 110 valence electrons. The van der Waals surface area contributed by atoms with Gasteiger partial charge in [0.1, 0.15) is 0 Å². The largest absolute Gasteiger partial charge is 0.316 e. The van der Waals surface area contributed by atoms with Gasteiger partial charge in [0.25, 0.3) is 0 Å². The molecule has 1 atom stereocenters. The summed E-state index contributed by atoms with van der Waals surface area (Å²) >= 11 is 0. The fourth-order valence-electron chi connectivity index (χ4n) is 3.75. The molecule has 21 heavy (non-hydrogen) atoms. The van der Waals surface area contributed by atoms with Crippen molar-refractivity contribution in [2.45, 2.75) is 19.4 Å². The van der Waals surface area contributed by atoms with Crippen molar-refractivity contribution in [3.8, 4) is 5.69 Å². The smallest absolute Gasteiger partial charge is 0.0991 e. The molecule has 0 saturated carbocycles. The quantitative estimate of drug-likeness (QED) is 0.935. The van der Waals surface area contributed by atoms with E-state index in [-0.39, 0.29) is 0 Å². The lowest BCUT2D eigenvalue weighted by Gasteiger charge is -2.22. The monoisotopic (exact) mass is 282 g/mol. The molecule has 0 amide bonds. The van der Waals surface area contributed by atoms with Gasteiger partial charge in [-0.1, -0.05) is 12.1 Å². The normalized spacial score (nSPS) is 25.9. The van der Waals surface area contributed by atoms with Gasteiger partial charge in [-0.3, -0.25) is 4.90 Å². The Hall–Kier alpha value is -1.65. The summed E-state index contributed by atoms with van der Waals surface area (Å²) in [5.74, 6) is 0. The molecule has 1 unspecified atom stereocenters. The highest BCUT2D eigenvalue weighted by Gasteiger charge is 2.39. The molecule has 2 fully saturated rings. The molecule has 1 aromatic carbocycles. The highest BCUT2D eigenvalue weighted by atomic mass is 15.2. The predicted octanol–water partition coefficient (Wildman–Crippen LogP) is 2.06. The second-order valence-electron chi connectivity index (χ2n) is 6.52. The number of imidazole rings is 1. The second kappa shape index (κ2) is 5.28. The number of hydrogen-bond donors (Lipinski definition) is 1. The molecule has 2 aliphatic heterocycles. The van der Waals surface area contributed by atoms with E-state index in [1.807, 2.05) is 23.3 Å². The van der Waals surface area contributed by atoms with E-state index < -0.39 is 0 Å². The Balaban J connectivity index is 1.41. The van der Waals surface area contributed by atoms with Gasteiger partial charge in [0, 0.05) is 37.7 Å². The van der Waals surface area contributed by atoms with Crippen LogP contribution in [0.15, 0.2) is 43.0 Å². The van der Waals surface area contributed by atoms with Gasteiger partial charge in [0.2, 0.25) is 0 Å². The van der Waals surface area contributed by atoms with Crippen LogP contribution >= 0.6 is 0 Å². The van der Waals surface area contributed by atoms with Crippen molar-refractivity contribution < 1.29 is 0 Å². The van der Waals surface area contributed by atoms with Crippen molar-refractivity contribution in [1.29, 1.82) is 0 Å². The van der Waals surface area contributed by atoms with Crippen LogP contribution in [0.5, 0.6) is 0 Å². The lowest BCUT2D eigenvalue weighted by atomic mass is 9.86. The van der Waals surface area contributed by atoms with Crippen LogP contribution in [0.2, 0.25) is 0 Å². The Morgan fingerprint density at radius 1 is 1.19 bits per heavy atom. The van der Waals surface area contributed by atoms with Crippen LogP contribution in [0.4, 0.5) is 0 Å². The highest BCUT2D eigenvalue weighted by molar-refractivity contribution is 5.34. The maximum Gasteiger partial charge on any atom is 0.0991 e. The molecule has 2 aliphatic rings. The minimum absolute atomic E-state index is 0.566. The number of likely N-dealkylation sites (tertiary alicyclic amines) is 1. The first-order valence-electron chi connectivity index (χ1n) is 7.83. The second-order valence-corrected chi connectivity index (χ2v) is 6.52. The summed E-state index contributed by atoms with van der Waals surface area (Å²) < 4.78 is 2.04. The number of hydrogen-bond acceptors (Lipinski definition) is 3. The summed E-state index contributed by atoms with van der Waals surface area (Å²) in [6.45, 7) is 5.98. The number of nitrogens with one attached hydrogen (secondary N) is 1. The Labute approximate surface area is 125 Å². The van der Waals surface area contributed by atoms with Crippen LogP contribution in [-0.4, -0.2) is 40.6 Å². The van der Waals surface area contributed by atoms with Gasteiger partial charge in [-0.2, -0.15) is 0 Å². The average molecular weight is 282 g/mol. The summed E-state index contributed by atoms with van der Waals surface area (Å²) in [6, 6.07) is 8.85. The van der Waals surface area contributed by atoms with E-state index in [2.05, 4.69) is 39.5 Å². The molecule has 2 aromatic rings. The van der Waals surface area contributed by atoms with Gasteiger partial charge < -0.3 is 9.88 Å². The van der Waals surface area contributed by atoms with Gasteiger partial charge in [-0.25, -0.2) is 4.98 Å². The van der Waals surface area contributed by atoms with Crippen molar-refractivity contribution in [3.05, 3.63) is 48.5 Å². The van der Waals surface area contributed by atoms with Crippen LogP contribution in [0.25, 0.3) is 5.69 Å². The third kappa shape index (κ3) is 2.61. The number of aromatic nitrogens is 2. The van der Waals surface area contributed by atoms with E-state index in [1.54, 1.807) is 0 Å². The molecule has 3 heterocycles. The van der Waals surface area contributed by atoms with E-state index in [4.69, 9.17) is 0 Å². The first-order chi connectivity index (χ1) is 10.3. The van der Waals surface area contributed by atoms with Crippen LogP contribution in [-0.2, 0) is 6.54 Å². The number of rotatable bonds is 3. The lowest BCUT2D eigenvalue weighted by molar-refractivity contribution is 0.268. The standard InChI is InChI=1S/C17H22N4/c1-3-16(21-10-8-19-14-21)4-2-15(1)11-20-9-6-17(13-20)5-7-18-12-17/h1-4,8,10,14,18H,5-7,9,11-13H2. The topological polar surface area (TPSA) is 33.1 Å². The number of benzene rings is 1. The molecule has 1 N–H and O–H groups in total. The Kier molecular flexibility index (Phi) is 3.28. The highest BCUT2D eigenvalue weighted by Crippen LogP contribution is 2.36. The van der Waals surface area contributed by atoms with E-state index in [0.29, 0.717) is 5.41 Å². The molecule has 4 rings (SSSR count). The van der Waals surface area contributed by atoms with E-state index in [1.165, 1.54) is 50.3 Å². The Morgan fingerprint density at radius 2 is 2.10 bits per heavy atom. The molecule has 1 aromatic heterocycles. The molecule has 1 spiro atoms. The van der Waals surface area contributed by atoms with Gasteiger partial charge in [-0.15, -0.1) is 0 Å². The zero-order chi connectivity index (χ0) is 14.1. The summed E-state index contributed by atoms with van der Waals surface area (Å²) in [6.07, 6.45) is 8.34. The zero-order valence-corrected chi connectivity index (χ0v) is 12.3. The first kappa shape index (κ1) is 13.0. The van der Waals surface area contributed by atoms with Crippen molar-refractivity contribution in [3.63, 3.8) is 0 Å². The molecule has 0 radical (unpaired) electrons. The SMILES string of the molecule is c1cn(-c2ccc(CN3CCC4(CCNC4)C3)cc2)cn1. The molecule has 0 bridgehead atoms. The predicted molar refractivity (Wildman–Crippen MR) is 83.4 cm³/mol. The van der Waals surface area contributed by atoms with E-state index in [0.717, 1.165) is 6.54 Å². The molecule has 4 nitrogen and oxygen atoms in total. The van der Waals surface area contributed by atoms with Crippen LogP contribution in [0.1, 0.15) is 18.4 Å². The molecule has 2 saturated heterocycles. The molecule has 4 heteroatoms. The van der Waals surface area contributed by atoms with Gasteiger partial charge in [0.05, 0.1) is 6.33 Å². The first-order valence-corrected chi connectivity index (χ1v) is 7.83. The molecular formula is C17H22N4. The van der Waals surface area contributed by atoms with Crippen molar-refractivity contribution in [2.75, 3.05) is 26.2 Å². The van der Waals surface area contributed by atoms with Gasteiger partial charge >= 0.3 is 0 Å². The van der Waals surface area contributed by atoms with Crippen LogP contribution < -0.4 is 5.32 Å². The van der Waals surface area contributed by atoms with E-state index >= 15 is 0 Å². The average Bonchev–Trinajstić information content (AvgIpc) is 3.25. The molecular weight excluding hydrogens is 260 g/mol.